The molecule has 0 saturated carbocycles. The molecule has 20 heavy (non-hydrogen) atoms. The first-order chi connectivity index (χ1) is 9.69. The molecule has 0 bridgehead atoms. The van der Waals surface area contributed by atoms with Crippen LogP contribution >= 0.6 is 0 Å². The van der Waals surface area contributed by atoms with E-state index >= 15 is 0 Å². The third-order valence-corrected chi connectivity index (χ3v) is 2.58. The van der Waals surface area contributed by atoms with Gasteiger partial charge in [-0.25, -0.2) is 4.39 Å². The topological polar surface area (TPSA) is 42.4 Å². The maximum absolute atomic E-state index is 13.7. The van der Waals surface area contributed by atoms with Crippen molar-refractivity contribution in [3.8, 4) is 17.6 Å². The first-order valence-corrected chi connectivity index (χ1v) is 6.11. The molecule has 0 aliphatic rings. The van der Waals surface area contributed by atoms with Gasteiger partial charge in [0, 0.05) is 24.0 Å². The van der Waals surface area contributed by atoms with Gasteiger partial charge in [-0.15, -0.1) is 0 Å². The SMILES string of the molecule is Cc1cncc(COc2ccc(C#CCO)c(F)c2)c1. The second-order valence-corrected chi connectivity index (χ2v) is 4.26. The molecule has 0 aliphatic heterocycles. The summed E-state index contributed by atoms with van der Waals surface area (Å²) in [5, 5.41) is 8.58. The molecule has 0 fully saturated rings. The molecule has 0 unspecified atom stereocenters. The highest BCUT2D eigenvalue weighted by Gasteiger charge is 2.03. The monoisotopic (exact) mass is 271 g/mol. The van der Waals surface area contributed by atoms with Gasteiger partial charge in [0.2, 0.25) is 0 Å². The Bertz CT molecular complexity index is 659. The van der Waals surface area contributed by atoms with Crippen LogP contribution in [-0.2, 0) is 6.61 Å². The first kappa shape index (κ1) is 14.0. The molecule has 1 N–H and O–H groups in total. The molecular weight excluding hydrogens is 257 g/mol. The molecule has 1 heterocycles. The summed E-state index contributed by atoms with van der Waals surface area (Å²) in [6.45, 7) is 1.98. The van der Waals surface area contributed by atoms with E-state index in [4.69, 9.17) is 9.84 Å². The second kappa shape index (κ2) is 6.69. The van der Waals surface area contributed by atoms with Gasteiger partial charge in [-0.1, -0.05) is 11.8 Å². The molecule has 4 heteroatoms. The van der Waals surface area contributed by atoms with Crippen LogP contribution in [0.4, 0.5) is 4.39 Å². The summed E-state index contributed by atoms with van der Waals surface area (Å²) < 4.78 is 19.2. The van der Waals surface area contributed by atoms with Gasteiger partial charge in [-0.3, -0.25) is 4.98 Å². The van der Waals surface area contributed by atoms with E-state index in [0.717, 1.165) is 11.1 Å². The van der Waals surface area contributed by atoms with Crippen LogP contribution in [0.5, 0.6) is 5.75 Å². The molecule has 3 nitrogen and oxygen atoms in total. The summed E-state index contributed by atoms with van der Waals surface area (Å²) in [5.74, 6) is 4.90. The van der Waals surface area contributed by atoms with Crippen molar-refractivity contribution in [3.05, 3.63) is 59.2 Å². The standard InChI is InChI=1S/C16H14FNO2/c1-12-7-13(10-18-9-12)11-20-15-5-4-14(3-2-6-19)16(17)8-15/h4-5,7-10,19H,6,11H2,1H3. The van der Waals surface area contributed by atoms with E-state index in [1.165, 1.54) is 12.1 Å². The molecule has 1 aromatic heterocycles. The fourth-order valence-electron chi connectivity index (χ4n) is 1.68. The van der Waals surface area contributed by atoms with Crippen LogP contribution in [0.3, 0.4) is 0 Å². The number of hydrogen-bond acceptors (Lipinski definition) is 3. The van der Waals surface area contributed by atoms with E-state index in [1.807, 2.05) is 13.0 Å². The predicted molar refractivity (Wildman–Crippen MR) is 73.7 cm³/mol. The first-order valence-electron chi connectivity index (χ1n) is 6.11. The Hall–Kier alpha value is -2.38. The van der Waals surface area contributed by atoms with Gasteiger partial charge >= 0.3 is 0 Å². The average molecular weight is 271 g/mol. The van der Waals surface area contributed by atoms with E-state index in [0.29, 0.717) is 12.4 Å². The van der Waals surface area contributed by atoms with Gasteiger partial charge in [0.05, 0.1) is 5.56 Å². The van der Waals surface area contributed by atoms with Crippen LogP contribution in [-0.4, -0.2) is 16.7 Å². The lowest BCUT2D eigenvalue weighted by Crippen LogP contribution is -1.97. The summed E-state index contributed by atoms with van der Waals surface area (Å²) in [6.07, 6.45) is 3.47. The van der Waals surface area contributed by atoms with Gasteiger partial charge in [0.1, 0.15) is 24.8 Å². The van der Waals surface area contributed by atoms with Gasteiger partial charge in [-0.2, -0.15) is 0 Å². The number of halogens is 1. The molecule has 102 valence electrons. The molecule has 2 rings (SSSR count). The van der Waals surface area contributed by atoms with Crippen LogP contribution in [0.25, 0.3) is 0 Å². The van der Waals surface area contributed by atoms with E-state index < -0.39 is 5.82 Å². The molecule has 2 aromatic rings. The van der Waals surface area contributed by atoms with Crippen LogP contribution in [0, 0.1) is 24.6 Å². The number of nitrogens with zero attached hydrogens (tertiary/aromatic N) is 1. The quantitative estimate of drug-likeness (QED) is 0.872. The number of hydrogen-bond donors (Lipinski definition) is 1. The number of aliphatic hydroxyl groups is 1. The normalized spacial score (nSPS) is 9.75. The third kappa shape index (κ3) is 3.81. The lowest BCUT2D eigenvalue weighted by atomic mass is 10.2. The Morgan fingerprint density at radius 3 is 2.85 bits per heavy atom. The highest BCUT2D eigenvalue weighted by Crippen LogP contribution is 2.17. The Balaban J connectivity index is 2.05. The van der Waals surface area contributed by atoms with E-state index in [1.54, 1.807) is 18.5 Å². The Morgan fingerprint density at radius 2 is 2.15 bits per heavy atom. The summed E-state index contributed by atoms with van der Waals surface area (Å²) in [5.41, 5.74) is 2.21. The zero-order valence-corrected chi connectivity index (χ0v) is 11.1. The van der Waals surface area contributed by atoms with Crippen molar-refractivity contribution in [3.63, 3.8) is 0 Å². The van der Waals surface area contributed by atoms with Crippen LogP contribution in [0.15, 0.2) is 36.7 Å². The minimum atomic E-state index is -0.467. The average Bonchev–Trinajstić information content (AvgIpc) is 2.44. The molecule has 0 atom stereocenters. The second-order valence-electron chi connectivity index (χ2n) is 4.26. The number of ether oxygens (including phenoxy) is 1. The Labute approximate surface area is 117 Å². The molecule has 0 aliphatic carbocycles. The van der Waals surface area contributed by atoms with Crippen molar-refractivity contribution in [2.24, 2.45) is 0 Å². The number of rotatable bonds is 3. The van der Waals surface area contributed by atoms with Crippen molar-refractivity contribution in [2.75, 3.05) is 6.61 Å². The fraction of sp³-hybridized carbons (Fsp3) is 0.188. The molecule has 1 aromatic carbocycles. The van der Waals surface area contributed by atoms with E-state index in [-0.39, 0.29) is 12.2 Å². The molecule has 0 spiro atoms. The van der Waals surface area contributed by atoms with E-state index in [9.17, 15) is 4.39 Å². The van der Waals surface area contributed by atoms with Crippen molar-refractivity contribution in [2.45, 2.75) is 13.5 Å². The van der Waals surface area contributed by atoms with Crippen molar-refractivity contribution < 1.29 is 14.2 Å². The minimum absolute atomic E-state index is 0.239. The molecular formula is C16H14FNO2. The maximum Gasteiger partial charge on any atom is 0.142 e. The van der Waals surface area contributed by atoms with Crippen molar-refractivity contribution in [1.29, 1.82) is 0 Å². The molecule has 0 radical (unpaired) electrons. The van der Waals surface area contributed by atoms with Crippen LogP contribution in [0.1, 0.15) is 16.7 Å². The summed E-state index contributed by atoms with van der Waals surface area (Å²) >= 11 is 0. The van der Waals surface area contributed by atoms with Crippen LogP contribution in [0.2, 0.25) is 0 Å². The maximum atomic E-state index is 13.7. The number of aryl methyl sites for hydroxylation is 1. The summed E-state index contributed by atoms with van der Waals surface area (Å²) in [6, 6.07) is 6.42. The smallest absolute Gasteiger partial charge is 0.142 e. The van der Waals surface area contributed by atoms with Crippen LogP contribution < -0.4 is 4.74 Å². The summed E-state index contributed by atoms with van der Waals surface area (Å²) in [4.78, 5) is 4.07. The summed E-state index contributed by atoms with van der Waals surface area (Å²) in [7, 11) is 0. The number of pyridine rings is 1. The van der Waals surface area contributed by atoms with Crippen molar-refractivity contribution in [1.82, 2.24) is 4.98 Å². The lowest BCUT2D eigenvalue weighted by Gasteiger charge is -2.07. The lowest BCUT2D eigenvalue weighted by molar-refractivity contribution is 0.304. The highest BCUT2D eigenvalue weighted by atomic mass is 19.1. The number of aliphatic hydroxyl groups excluding tert-OH is 1. The minimum Gasteiger partial charge on any atom is -0.489 e. The number of aromatic nitrogens is 1. The van der Waals surface area contributed by atoms with Gasteiger partial charge in [-0.05, 0) is 30.7 Å². The van der Waals surface area contributed by atoms with Crippen molar-refractivity contribution >= 4 is 0 Å². The number of benzene rings is 1. The Kier molecular flexibility index (Phi) is 4.70. The predicted octanol–water partition coefficient (Wildman–Crippen LogP) is 2.45. The zero-order chi connectivity index (χ0) is 14.4. The van der Waals surface area contributed by atoms with Gasteiger partial charge in [0.15, 0.2) is 0 Å². The van der Waals surface area contributed by atoms with E-state index in [2.05, 4.69) is 16.8 Å². The fourth-order valence-corrected chi connectivity index (χ4v) is 1.68. The molecule has 0 saturated heterocycles. The van der Waals surface area contributed by atoms with Gasteiger partial charge in [0.25, 0.3) is 0 Å². The largest absolute Gasteiger partial charge is 0.489 e. The zero-order valence-electron chi connectivity index (χ0n) is 11.1. The van der Waals surface area contributed by atoms with Gasteiger partial charge < -0.3 is 9.84 Å². The third-order valence-electron chi connectivity index (χ3n) is 2.58. The highest BCUT2D eigenvalue weighted by molar-refractivity contribution is 5.39. The molecule has 0 amide bonds. The Morgan fingerprint density at radius 1 is 1.30 bits per heavy atom.